The molecule has 0 radical (unpaired) electrons. The molecule has 6 heteroatoms. The first-order valence-electron chi connectivity index (χ1n) is 5.69. The molecule has 0 aliphatic heterocycles. The fourth-order valence-electron chi connectivity index (χ4n) is 1.46. The minimum atomic E-state index is 0.388. The summed E-state index contributed by atoms with van der Waals surface area (Å²) in [6.45, 7) is 5.05. The number of anilines is 1. The summed E-state index contributed by atoms with van der Waals surface area (Å²) < 4.78 is 6.33. The third kappa shape index (κ3) is 3.03. The Bertz CT molecular complexity index is 474. The zero-order valence-corrected chi connectivity index (χ0v) is 11.2. The predicted molar refractivity (Wildman–Crippen MR) is 69.4 cm³/mol. The lowest BCUT2D eigenvalue weighted by molar-refractivity contribution is 0.796. The van der Waals surface area contributed by atoms with E-state index in [9.17, 15) is 0 Å². The molecule has 0 saturated carbocycles. The number of rotatable bonds is 5. The van der Waals surface area contributed by atoms with Gasteiger partial charge in [0.15, 0.2) is 0 Å². The Morgan fingerprint density at radius 1 is 1.47 bits per heavy atom. The van der Waals surface area contributed by atoms with E-state index in [-0.39, 0.29) is 0 Å². The van der Waals surface area contributed by atoms with Crippen LogP contribution in [-0.2, 0) is 13.5 Å². The van der Waals surface area contributed by atoms with Gasteiger partial charge in [0.1, 0.15) is 5.82 Å². The summed E-state index contributed by atoms with van der Waals surface area (Å²) in [5.41, 5.74) is 1.21. The highest BCUT2D eigenvalue weighted by Crippen LogP contribution is 2.17. The van der Waals surface area contributed by atoms with Gasteiger partial charge in [0, 0.05) is 49.4 Å². The number of nitrogens with one attached hydrogen (secondary N) is 1. The largest absolute Gasteiger partial charge is 0.360 e. The van der Waals surface area contributed by atoms with E-state index in [0.29, 0.717) is 5.92 Å². The molecule has 0 saturated heterocycles. The highest BCUT2D eigenvalue weighted by atomic mass is 32.1. The van der Waals surface area contributed by atoms with Crippen LogP contribution in [0.2, 0.25) is 0 Å². The minimum Gasteiger partial charge on any atom is -0.360 e. The Kier molecular flexibility index (Phi) is 3.73. The number of hydrogen-bond acceptors (Lipinski definition) is 5. The first kappa shape index (κ1) is 12.0. The molecule has 2 rings (SSSR count). The van der Waals surface area contributed by atoms with Crippen molar-refractivity contribution in [2.24, 2.45) is 7.05 Å². The smallest absolute Gasteiger partial charge is 0.202 e. The standard InChI is InChI=1S/C11H17N5S/c1-8(2)10-14-11(17-15-10)13-5-4-9-6-12-7-16(9)3/h6-8H,4-5H2,1-3H3,(H,13,14,15). The van der Waals surface area contributed by atoms with Crippen LogP contribution in [0.1, 0.15) is 31.3 Å². The third-order valence-electron chi connectivity index (χ3n) is 2.53. The quantitative estimate of drug-likeness (QED) is 0.883. The summed E-state index contributed by atoms with van der Waals surface area (Å²) in [5.74, 6) is 1.30. The molecule has 0 aromatic carbocycles. The van der Waals surface area contributed by atoms with Gasteiger partial charge in [0.05, 0.1) is 6.33 Å². The van der Waals surface area contributed by atoms with E-state index in [0.717, 1.165) is 23.9 Å². The van der Waals surface area contributed by atoms with Crippen LogP contribution in [0.5, 0.6) is 0 Å². The molecule has 92 valence electrons. The lowest BCUT2D eigenvalue weighted by Gasteiger charge is -2.02. The fraction of sp³-hybridized carbons (Fsp3) is 0.545. The van der Waals surface area contributed by atoms with Gasteiger partial charge in [-0.15, -0.1) is 0 Å². The molecule has 2 aromatic heterocycles. The fourth-order valence-corrected chi connectivity index (χ4v) is 2.20. The summed E-state index contributed by atoms with van der Waals surface area (Å²) >= 11 is 1.42. The Morgan fingerprint density at radius 2 is 2.29 bits per heavy atom. The molecule has 2 heterocycles. The van der Waals surface area contributed by atoms with E-state index in [1.54, 1.807) is 0 Å². The second-order valence-electron chi connectivity index (χ2n) is 4.29. The summed E-state index contributed by atoms with van der Waals surface area (Å²) in [5, 5.41) is 4.19. The highest BCUT2D eigenvalue weighted by Gasteiger charge is 2.07. The summed E-state index contributed by atoms with van der Waals surface area (Å²) in [6.07, 6.45) is 4.64. The van der Waals surface area contributed by atoms with Crippen LogP contribution in [0.4, 0.5) is 5.13 Å². The highest BCUT2D eigenvalue weighted by molar-refractivity contribution is 7.09. The van der Waals surface area contributed by atoms with Crippen LogP contribution >= 0.6 is 11.5 Å². The molecular weight excluding hydrogens is 234 g/mol. The number of aromatic nitrogens is 4. The van der Waals surface area contributed by atoms with Crippen molar-refractivity contribution >= 4 is 16.7 Å². The lowest BCUT2D eigenvalue weighted by atomic mass is 10.2. The second kappa shape index (κ2) is 5.27. The third-order valence-corrected chi connectivity index (χ3v) is 3.22. The van der Waals surface area contributed by atoms with E-state index >= 15 is 0 Å². The van der Waals surface area contributed by atoms with Crippen molar-refractivity contribution < 1.29 is 0 Å². The molecule has 0 bridgehead atoms. The van der Waals surface area contributed by atoms with Gasteiger partial charge in [0.2, 0.25) is 5.13 Å². The van der Waals surface area contributed by atoms with Crippen molar-refractivity contribution in [2.75, 3.05) is 11.9 Å². The van der Waals surface area contributed by atoms with E-state index in [1.807, 2.05) is 24.1 Å². The van der Waals surface area contributed by atoms with Crippen LogP contribution < -0.4 is 5.32 Å². The summed E-state index contributed by atoms with van der Waals surface area (Å²) in [6, 6.07) is 0. The Hall–Kier alpha value is -1.43. The van der Waals surface area contributed by atoms with E-state index in [4.69, 9.17) is 0 Å². The number of aryl methyl sites for hydroxylation is 1. The molecule has 1 N–H and O–H groups in total. The van der Waals surface area contributed by atoms with Gasteiger partial charge in [-0.3, -0.25) is 0 Å². The van der Waals surface area contributed by atoms with Gasteiger partial charge in [-0.25, -0.2) is 9.97 Å². The molecule has 2 aromatic rings. The minimum absolute atomic E-state index is 0.388. The molecule has 0 spiro atoms. The summed E-state index contributed by atoms with van der Waals surface area (Å²) in [4.78, 5) is 8.51. The first-order valence-corrected chi connectivity index (χ1v) is 6.47. The average molecular weight is 251 g/mol. The van der Waals surface area contributed by atoms with Crippen molar-refractivity contribution in [2.45, 2.75) is 26.2 Å². The number of hydrogen-bond donors (Lipinski definition) is 1. The summed E-state index contributed by atoms with van der Waals surface area (Å²) in [7, 11) is 2.00. The zero-order valence-electron chi connectivity index (χ0n) is 10.3. The Morgan fingerprint density at radius 3 is 2.88 bits per heavy atom. The Balaban J connectivity index is 1.84. The van der Waals surface area contributed by atoms with Crippen LogP contribution in [0.3, 0.4) is 0 Å². The SMILES string of the molecule is CC(C)c1nsc(NCCc2cncn2C)n1. The van der Waals surface area contributed by atoms with Crippen molar-refractivity contribution in [1.29, 1.82) is 0 Å². The molecule has 0 amide bonds. The molecule has 0 fully saturated rings. The zero-order chi connectivity index (χ0) is 12.3. The molecule has 0 aliphatic carbocycles. The average Bonchev–Trinajstić information content (AvgIpc) is 2.89. The van der Waals surface area contributed by atoms with Gasteiger partial charge in [0.25, 0.3) is 0 Å². The normalized spacial score (nSPS) is 11.1. The first-order chi connectivity index (χ1) is 8.16. The van der Waals surface area contributed by atoms with Crippen LogP contribution in [0.15, 0.2) is 12.5 Å². The maximum absolute atomic E-state index is 4.42. The van der Waals surface area contributed by atoms with E-state index < -0.39 is 0 Å². The topological polar surface area (TPSA) is 55.6 Å². The number of nitrogens with zero attached hydrogens (tertiary/aromatic N) is 4. The Labute approximate surface area is 105 Å². The van der Waals surface area contributed by atoms with Crippen LogP contribution in [0.25, 0.3) is 0 Å². The van der Waals surface area contributed by atoms with Crippen LogP contribution in [0, 0.1) is 0 Å². The van der Waals surface area contributed by atoms with E-state index in [2.05, 4.69) is 33.5 Å². The molecule has 0 unspecified atom stereocenters. The molecule has 17 heavy (non-hydrogen) atoms. The molecular formula is C11H17N5S. The monoisotopic (exact) mass is 251 g/mol. The number of imidazole rings is 1. The van der Waals surface area contributed by atoms with Crippen molar-refractivity contribution in [3.8, 4) is 0 Å². The van der Waals surface area contributed by atoms with E-state index in [1.165, 1.54) is 17.2 Å². The molecule has 5 nitrogen and oxygen atoms in total. The van der Waals surface area contributed by atoms with Crippen molar-refractivity contribution in [3.05, 3.63) is 24.0 Å². The predicted octanol–water partition coefficient (Wildman–Crippen LogP) is 2.05. The van der Waals surface area contributed by atoms with Gasteiger partial charge < -0.3 is 9.88 Å². The van der Waals surface area contributed by atoms with Crippen molar-refractivity contribution in [1.82, 2.24) is 18.9 Å². The maximum atomic E-state index is 4.42. The second-order valence-corrected chi connectivity index (χ2v) is 5.04. The molecule has 0 aliphatic rings. The van der Waals surface area contributed by atoms with Gasteiger partial charge in [-0.2, -0.15) is 4.37 Å². The van der Waals surface area contributed by atoms with Gasteiger partial charge in [-0.1, -0.05) is 13.8 Å². The molecule has 0 atom stereocenters. The van der Waals surface area contributed by atoms with Crippen molar-refractivity contribution in [3.63, 3.8) is 0 Å². The maximum Gasteiger partial charge on any atom is 0.202 e. The van der Waals surface area contributed by atoms with Gasteiger partial charge in [-0.05, 0) is 0 Å². The van der Waals surface area contributed by atoms with Crippen LogP contribution in [-0.4, -0.2) is 25.5 Å². The lowest BCUT2D eigenvalue weighted by Crippen LogP contribution is -2.07. The van der Waals surface area contributed by atoms with Gasteiger partial charge >= 0.3 is 0 Å².